The molecule has 0 aromatic heterocycles. The number of ether oxygens (including phenoxy) is 2. The Hall–Kier alpha value is -1.85. The van der Waals surface area contributed by atoms with Gasteiger partial charge in [-0.05, 0) is 37.9 Å². The minimum Gasteiger partial charge on any atom is -0.461 e. The molecule has 0 bridgehead atoms. The SMILES string of the molecule is CC1=C(C(=O)NC[C@H]2CN3CCC[C@H]3CO2)Cc2ccccc2O1. The van der Waals surface area contributed by atoms with Crippen LogP contribution in [0.2, 0.25) is 0 Å². The molecule has 3 aliphatic rings. The van der Waals surface area contributed by atoms with Gasteiger partial charge < -0.3 is 14.8 Å². The van der Waals surface area contributed by atoms with E-state index in [0.29, 0.717) is 30.3 Å². The fourth-order valence-electron chi connectivity index (χ4n) is 3.85. The predicted molar refractivity (Wildman–Crippen MR) is 90.8 cm³/mol. The number of carbonyl (C=O) groups is 1. The molecule has 0 radical (unpaired) electrons. The summed E-state index contributed by atoms with van der Waals surface area (Å²) < 4.78 is 11.7. The Morgan fingerprint density at radius 3 is 3.17 bits per heavy atom. The van der Waals surface area contributed by atoms with Gasteiger partial charge in [0, 0.05) is 25.6 Å². The Morgan fingerprint density at radius 1 is 1.38 bits per heavy atom. The first-order chi connectivity index (χ1) is 11.7. The lowest BCUT2D eigenvalue weighted by Crippen LogP contribution is -2.50. The van der Waals surface area contributed by atoms with Crippen molar-refractivity contribution >= 4 is 5.91 Å². The third-order valence-electron chi connectivity index (χ3n) is 5.25. The van der Waals surface area contributed by atoms with E-state index in [1.54, 1.807) is 0 Å². The number of para-hydroxylation sites is 1. The van der Waals surface area contributed by atoms with Crippen molar-refractivity contribution in [3.63, 3.8) is 0 Å². The summed E-state index contributed by atoms with van der Waals surface area (Å²) in [5, 5.41) is 3.03. The quantitative estimate of drug-likeness (QED) is 0.920. The molecular weight excluding hydrogens is 304 g/mol. The van der Waals surface area contributed by atoms with E-state index in [2.05, 4.69) is 10.2 Å². The van der Waals surface area contributed by atoms with Crippen molar-refractivity contribution in [1.82, 2.24) is 10.2 Å². The summed E-state index contributed by atoms with van der Waals surface area (Å²) in [7, 11) is 0. The third kappa shape index (κ3) is 3.06. The van der Waals surface area contributed by atoms with Crippen LogP contribution in [0.3, 0.4) is 0 Å². The number of allylic oxidation sites excluding steroid dienone is 1. The van der Waals surface area contributed by atoms with Crippen molar-refractivity contribution in [3.05, 3.63) is 41.2 Å². The van der Waals surface area contributed by atoms with Crippen LogP contribution in [0.25, 0.3) is 0 Å². The molecule has 0 aliphatic carbocycles. The van der Waals surface area contributed by atoms with E-state index >= 15 is 0 Å². The molecule has 2 atom stereocenters. The van der Waals surface area contributed by atoms with Gasteiger partial charge in [0.25, 0.3) is 5.91 Å². The molecule has 2 saturated heterocycles. The second-order valence-electron chi connectivity index (χ2n) is 6.88. The van der Waals surface area contributed by atoms with E-state index in [-0.39, 0.29) is 12.0 Å². The third-order valence-corrected chi connectivity index (χ3v) is 5.25. The van der Waals surface area contributed by atoms with E-state index in [0.717, 1.165) is 31.0 Å². The summed E-state index contributed by atoms with van der Waals surface area (Å²) in [6.07, 6.45) is 3.20. The Labute approximate surface area is 142 Å². The van der Waals surface area contributed by atoms with E-state index in [4.69, 9.17) is 9.47 Å². The van der Waals surface area contributed by atoms with Crippen molar-refractivity contribution in [1.29, 1.82) is 0 Å². The lowest BCUT2D eigenvalue weighted by molar-refractivity contribution is -0.119. The fourth-order valence-corrected chi connectivity index (χ4v) is 3.85. The Balaban J connectivity index is 1.35. The maximum absolute atomic E-state index is 12.6. The highest BCUT2D eigenvalue weighted by Crippen LogP contribution is 2.29. The maximum atomic E-state index is 12.6. The van der Waals surface area contributed by atoms with Gasteiger partial charge in [-0.1, -0.05) is 18.2 Å². The molecule has 2 fully saturated rings. The molecule has 1 N–H and O–H groups in total. The first-order valence-electron chi connectivity index (χ1n) is 8.80. The molecule has 1 amide bonds. The second-order valence-corrected chi connectivity index (χ2v) is 6.88. The molecule has 5 heteroatoms. The summed E-state index contributed by atoms with van der Waals surface area (Å²) in [6.45, 7) is 5.28. The van der Waals surface area contributed by atoms with Gasteiger partial charge in [0.15, 0.2) is 0 Å². The summed E-state index contributed by atoms with van der Waals surface area (Å²) in [5.41, 5.74) is 1.77. The van der Waals surface area contributed by atoms with Gasteiger partial charge in [-0.3, -0.25) is 9.69 Å². The number of benzene rings is 1. The van der Waals surface area contributed by atoms with Gasteiger partial charge in [0.05, 0.1) is 18.3 Å². The van der Waals surface area contributed by atoms with E-state index < -0.39 is 0 Å². The first kappa shape index (κ1) is 15.7. The first-order valence-corrected chi connectivity index (χ1v) is 8.80. The number of hydrogen-bond donors (Lipinski definition) is 1. The lowest BCUT2D eigenvalue weighted by atomic mass is 10.00. The number of nitrogens with one attached hydrogen (secondary N) is 1. The van der Waals surface area contributed by atoms with Crippen LogP contribution in [-0.4, -0.2) is 49.2 Å². The molecule has 1 aromatic rings. The van der Waals surface area contributed by atoms with E-state index in [1.165, 1.54) is 12.8 Å². The zero-order valence-corrected chi connectivity index (χ0v) is 14.1. The lowest BCUT2D eigenvalue weighted by Gasteiger charge is -2.35. The largest absolute Gasteiger partial charge is 0.461 e. The van der Waals surface area contributed by atoms with Gasteiger partial charge >= 0.3 is 0 Å². The number of nitrogens with zero attached hydrogens (tertiary/aromatic N) is 1. The normalized spacial score (nSPS) is 26.5. The summed E-state index contributed by atoms with van der Waals surface area (Å²) in [5.74, 6) is 1.49. The Bertz CT molecular complexity index is 670. The molecule has 3 heterocycles. The van der Waals surface area contributed by atoms with Gasteiger partial charge in [0.1, 0.15) is 11.5 Å². The standard InChI is InChI=1S/C19H24N2O3/c1-13-17(9-14-5-2-3-7-18(14)24-13)19(22)20-10-16-11-21-8-4-6-15(21)12-23-16/h2-3,5,7,15-16H,4,6,8-12H2,1H3,(H,20,22)/t15-,16-/m0/s1. The summed E-state index contributed by atoms with van der Waals surface area (Å²) in [4.78, 5) is 15.1. The van der Waals surface area contributed by atoms with E-state index in [9.17, 15) is 4.79 Å². The molecule has 0 unspecified atom stereocenters. The van der Waals surface area contributed by atoms with Crippen LogP contribution in [0.5, 0.6) is 5.75 Å². The van der Waals surface area contributed by atoms with Crippen molar-refractivity contribution in [2.45, 2.75) is 38.3 Å². The number of hydrogen-bond acceptors (Lipinski definition) is 4. The number of carbonyl (C=O) groups excluding carboxylic acids is 1. The van der Waals surface area contributed by atoms with Crippen LogP contribution in [0, 0.1) is 0 Å². The monoisotopic (exact) mass is 328 g/mol. The molecule has 24 heavy (non-hydrogen) atoms. The topological polar surface area (TPSA) is 50.8 Å². The molecule has 4 rings (SSSR count). The van der Waals surface area contributed by atoms with Crippen molar-refractivity contribution in [2.24, 2.45) is 0 Å². The minimum atomic E-state index is -0.0471. The molecule has 0 spiro atoms. The zero-order chi connectivity index (χ0) is 16.5. The number of morpholine rings is 1. The second kappa shape index (κ2) is 6.57. The predicted octanol–water partition coefficient (Wildman–Crippen LogP) is 1.87. The molecule has 5 nitrogen and oxygen atoms in total. The molecule has 1 aromatic carbocycles. The van der Waals surface area contributed by atoms with Gasteiger partial charge in [-0.15, -0.1) is 0 Å². The van der Waals surface area contributed by atoms with Crippen LogP contribution >= 0.6 is 0 Å². The Kier molecular flexibility index (Phi) is 4.29. The highest BCUT2D eigenvalue weighted by molar-refractivity contribution is 5.94. The molecular formula is C19H24N2O3. The highest BCUT2D eigenvalue weighted by Gasteiger charge is 2.32. The van der Waals surface area contributed by atoms with Crippen LogP contribution in [0.15, 0.2) is 35.6 Å². The molecule has 0 saturated carbocycles. The zero-order valence-electron chi connectivity index (χ0n) is 14.1. The summed E-state index contributed by atoms with van der Waals surface area (Å²) >= 11 is 0. The van der Waals surface area contributed by atoms with Crippen LogP contribution in [0.1, 0.15) is 25.3 Å². The smallest absolute Gasteiger partial charge is 0.251 e. The van der Waals surface area contributed by atoms with Gasteiger partial charge in [0.2, 0.25) is 0 Å². The fraction of sp³-hybridized carbons (Fsp3) is 0.526. The number of rotatable bonds is 3. The number of fused-ring (bicyclic) bond motifs is 2. The number of amides is 1. The average Bonchev–Trinajstić information content (AvgIpc) is 3.06. The van der Waals surface area contributed by atoms with Crippen molar-refractivity contribution in [2.75, 3.05) is 26.2 Å². The molecule has 3 aliphatic heterocycles. The van der Waals surface area contributed by atoms with Crippen molar-refractivity contribution < 1.29 is 14.3 Å². The summed E-state index contributed by atoms with van der Waals surface area (Å²) in [6, 6.07) is 8.46. The van der Waals surface area contributed by atoms with Crippen molar-refractivity contribution in [3.8, 4) is 5.75 Å². The van der Waals surface area contributed by atoms with Gasteiger partial charge in [-0.25, -0.2) is 0 Å². The van der Waals surface area contributed by atoms with Crippen LogP contribution in [0.4, 0.5) is 0 Å². The van der Waals surface area contributed by atoms with Gasteiger partial charge in [-0.2, -0.15) is 0 Å². The highest BCUT2D eigenvalue weighted by atomic mass is 16.5. The minimum absolute atomic E-state index is 0.0471. The molecule has 128 valence electrons. The van der Waals surface area contributed by atoms with Crippen LogP contribution < -0.4 is 10.1 Å². The average molecular weight is 328 g/mol. The van der Waals surface area contributed by atoms with Crippen LogP contribution in [-0.2, 0) is 16.0 Å². The van der Waals surface area contributed by atoms with E-state index in [1.807, 2.05) is 31.2 Å². The Morgan fingerprint density at radius 2 is 2.25 bits per heavy atom. The maximum Gasteiger partial charge on any atom is 0.251 e.